The van der Waals surface area contributed by atoms with Crippen LogP contribution in [0, 0.1) is 45.3 Å². The molecule has 1 fully saturated rings. The number of hydrogen-bond acceptors (Lipinski definition) is 25. The van der Waals surface area contributed by atoms with Crippen LogP contribution in [0.2, 0.25) is 0 Å². The molecule has 4 N–H and O–H groups in total. The van der Waals surface area contributed by atoms with Gasteiger partial charge in [-0.25, -0.2) is 53.5 Å². The molecule has 5 heterocycles. The van der Waals surface area contributed by atoms with Crippen LogP contribution in [-0.2, 0) is 139 Å². The summed E-state index contributed by atoms with van der Waals surface area (Å²) in [7, 11) is 0. The largest absolute Gasteiger partial charge is 0.464 e. The molecule has 6 aromatic rings. The number of nitrogens with zero attached hydrogens (tertiary/aromatic N) is 12. The van der Waals surface area contributed by atoms with Crippen molar-refractivity contribution in [3.63, 3.8) is 0 Å². The summed E-state index contributed by atoms with van der Waals surface area (Å²) in [5.74, 6) is -2.90. The van der Waals surface area contributed by atoms with E-state index in [1.54, 1.807) is 34.6 Å². The number of esters is 5. The molecule has 0 radical (unpaired) electrons. The number of aliphatic hydroxyl groups is 2. The Hall–Kier alpha value is -11.0. The highest BCUT2D eigenvalue weighted by atomic mass is 16.6. The molecule has 5 atom stereocenters. The highest BCUT2D eigenvalue weighted by molar-refractivity contribution is 5.91. The van der Waals surface area contributed by atoms with E-state index in [-0.39, 0.29) is 81.8 Å². The predicted octanol–water partition coefficient (Wildman–Crippen LogP) is 5.13. The zero-order chi connectivity index (χ0) is 70.7. The second kappa shape index (κ2) is 37.3. The fourth-order valence-electron chi connectivity index (χ4n) is 11.2. The van der Waals surface area contributed by atoms with Crippen LogP contribution in [0.15, 0.2) is 62.2 Å². The molecule has 98 heavy (non-hydrogen) atoms. The molecule has 1 saturated heterocycles. The van der Waals surface area contributed by atoms with Gasteiger partial charge in [0.1, 0.15) is 35.7 Å². The molecule has 518 valence electrons. The third kappa shape index (κ3) is 21.0. The summed E-state index contributed by atoms with van der Waals surface area (Å²) in [6.45, 7) is 10.2. The predicted molar refractivity (Wildman–Crippen MR) is 341 cm³/mol. The molecular weight excluding hydrogens is 1270 g/mol. The molecule has 31 nitrogen and oxygen atoms in total. The monoisotopic (exact) mass is 1350 g/mol. The SMILES string of the molecule is CCOC(=O)[C@@H](Cn1cnc(C#N)c1)OC(=O)Nc1c2c(cc3c1CCC3)CCC2.CCOC(=O)[C@@H](Cn1cncc1C#N)OC(=O)Nc1c2c(cc3c1CCC3)CCC2.CCOC(=O)[C@H](O)Cn1cnc(C#N)c1.CCOC(=O)[C@H](O)Cn1cncc1C#N.CCOC(=O)[C@H]1CO1. The van der Waals surface area contributed by atoms with Crippen molar-refractivity contribution in [1.82, 2.24) is 38.2 Å². The van der Waals surface area contributed by atoms with E-state index >= 15 is 0 Å². The van der Waals surface area contributed by atoms with E-state index < -0.39 is 60.5 Å². The van der Waals surface area contributed by atoms with E-state index in [9.17, 15) is 49.0 Å². The Balaban J connectivity index is 0.000000185. The molecule has 11 rings (SSSR count). The van der Waals surface area contributed by atoms with E-state index in [1.807, 2.05) is 24.3 Å². The van der Waals surface area contributed by atoms with Crippen molar-refractivity contribution >= 4 is 53.4 Å². The minimum absolute atomic E-state index is 0.0198. The summed E-state index contributed by atoms with van der Waals surface area (Å²) < 4.78 is 45.4. The first-order valence-corrected chi connectivity index (χ1v) is 32.1. The van der Waals surface area contributed by atoms with Crippen LogP contribution >= 0.6 is 0 Å². The molecule has 2 aromatic carbocycles. The Morgan fingerprint density at radius 3 is 1.24 bits per heavy atom. The number of aromatic nitrogens is 8. The van der Waals surface area contributed by atoms with Gasteiger partial charge < -0.3 is 66.4 Å². The fourth-order valence-corrected chi connectivity index (χ4v) is 11.2. The van der Waals surface area contributed by atoms with Crippen molar-refractivity contribution < 1.29 is 81.7 Å². The van der Waals surface area contributed by atoms with Gasteiger partial charge in [0.2, 0.25) is 12.2 Å². The molecule has 0 saturated carbocycles. The number of carbonyl (C=O) groups excluding carboxylic acids is 7. The van der Waals surface area contributed by atoms with Crippen molar-refractivity contribution in [3.8, 4) is 24.3 Å². The number of aryl methyl sites for hydroxylation is 4. The summed E-state index contributed by atoms with van der Waals surface area (Å²) in [6, 6.07) is 12.2. The van der Waals surface area contributed by atoms with E-state index in [2.05, 4.69) is 61.6 Å². The molecule has 4 aromatic heterocycles. The third-order valence-electron chi connectivity index (χ3n) is 15.6. The van der Waals surface area contributed by atoms with Crippen LogP contribution in [0.3, 0.4) is 0 Å². The Morgan fingerprint density at radius 2 is 0.878 bits per heavy atom. The quantitative estimate of drug-likeness (QED) is 0.0388. The van der Waals surface area contributed by atoms with Crippen LogP contribution in [0.4, 0.5) is 21.0 Å². The first kappa shape index (κ1) is 74.4. The molecule has 4 aliphatic carbocycles. The van der Waals surface area contributed by atoms with Gasteiger partial charge in [0.15, 0.2) is 29.7 Å². The van der Waals surface area contributed by atoms with Crippen LogP contribution in [0.5, 0.6) is 0 Å². The molecule has 0 unspecified atom stereocenters. The van der Waals surface area contributed by atoms with Gasteiger partial charge in [-0.1, -0.05) is 12.1 Å². The van der Waals surface area contributed by atoms with Crippen molar-refractivity contribution in [3.05, 3.63) is 130 Å². The number of anilines is 2. The highest BCUT2D eigenvalue weighted by Gasteiger charge is 2.34. The lowest BCUT2D eigenvalue weighted by Gasteiger charge is -2.20. The number of nitrogens with one attached hydrogen (secondary N) is 2. The molecular formula is C67H78N14O17. The maximum Gasteiger partial charge on any atom is 0.412 e. The minimum Gasteiger partial charge on any atom is -0.464 e. The number of carbonyl (C=O) groups is 7. The molecule has 0 spiro atoms. The average molecular weight is 1350 g/mol. The summed E-state index contributed by atoms with van der Waals surface area (Å²) in [5, 5.41) is 59.9. The van der Waals surface area contributed by atoms with Gasteiger partial charge in [0, 0.05) is 12.4 Å². The lowest BCUT2D eigenvalue weighted by Crippen LogP contribution is -2.35. The normalized spacial score (nSPS) is 14.9. The maximum atomic E-state index is 12.8. The van der Waals surface area contributed by atoms with Crippen LogP contribution in [0.1, 0.15) is 128 Å². The van der Waals surface area contributed by atoms with Crippen LogP contribution < -0.4 is 10.6 Å². The third-order valence-corrected chi connectivity index (χ3v) is 15.6. The summed E-state index contributed by atoms with van der Waals surface area (Å²) >= 11 is 0. The number of epoxide rings is 1. The number of benzene rings is 2. The zero-order valence-electron chi connectivity index (χ0n) is 55.1. The number of nitriles is 4. The average Bonchev–Trinajstić information content (AvgIpc) is 1.61. The van der Waals surface area contributed by atoms with Gasteiger partial charge in [0.25, 0.3) is 0 Å². The number of hydrogen-bond donors (Lipinski definition) is 4. The molecule has 0 bridgehead atoms. The lowest BCUT2D eigenvalue weighted by atomic mass is 9.99. The topological polar surface area (TPSA) is 428 Å². The standard InChI is InChI=1S/2C22H24N4O4.2C9H11N3O3.C5H8O3/c1-2-29-21(27)19(12-26-11-16(10-23)24-13-26)30-22(28)25-20-17-7-3-5-14(17)9-15-6-4-8-18(15)20;1-2-29-21(27)19(12-26-13-24-11-16(26)10-23)30-22(28)25-20-17-7-3-5-14(17)9-15-6-4-8-18(15)20;1-2-15-9(14)8(13)5-12-4-7(3-10)11-6-12;1-2-15-9(14)8(13)5-12-6-11-4-7(12)3-10;1-2-7-5(6)4-3-8-4/h2*9,11,13,19H,2-8,12H2,1H3,(H,25,28);2*4,6,8,13H,2,5H2,1H3;4H,2-3H2,1H3/t2*19-;2*8-;4-/m11111/s1. The van der Waals surface area contributed by atoms with Gasteiger partial charge in [0.05, 0.1) is 115 Å². The molecule has 31 heteroatoms. The number of rotatable bonds is 22. The molecule has 5 aliphatic rings. The second-order valence-corrected chi connectivity index (χ2v) is 22.3. The molecule has 2 amide bonds. The summed E-state index contributed by atoms with van der Waals surface area (Å²) in [6.07, 6.45) is 17.0. The van der Waals surface area contributed by atoms with Gasteiger partial charge in [-0.05, 0) is 156 Å². The molecule has 1 aliphatic heterocycles. The number of aliphatic hydroxyl groups excluding tert-OH is 2. The smallest absolute Gasteiger partial charge is 0.412 e. The number of ether oxygens (including phenoxy) is 8. The van der Waals surface area contributed by atoms with Gasteiger partial charge in [-0.15, -0.1) is 0 Å². The number of imidazole rings is 4. The van der Waals surface area contributed by atoms with Gasteiger partial charge in [-0.3, -0.25) is 10.6 Å². The minimum atomic E-state index is -1.27. The van der Waals surface area contributed by atoms with E-state index in [1.165, 1.54) is 113 Å². The summed E-state index contributed by atoms with van der Waals surface area (Å²) in [5.41, 5.74) is 12.7. The first-order valence-electron chi connectivity index (χ1n) is 32.1. The van der Waals surface area contributed by atoms with Gasteiger partial charge in [-0.2, -0.15) is 21.0 Å². The van der Waals surface area contributed by atoms with E-state index in [0.717, 1.165) is 88.4 Å². The highest BCUT2D eigenvalue weighted by Crippen LogP contribution is 2.40. The number of fused-ring (bicyclic) bond motifs is 4. The van der Waals surface area contributed by atoms with Crippen LogP contribution in [-0.4, -0.2) is 161 Å². The van der Waals surface area contributed by atoms with Crippen molar-refractivity contribution in [2.75, 3.05) is 50.3 Å². The Morgan fingerprint density at radius 1 is 0.510 bits per heavy atom. The van der Waals surface area contributed by atoms with Crippen molar-refractivity contribution in [1.29, 1.82) is 21.0 Å². The van der Waals surface area contributed by atoms with Crippen LogP contribution in [0.25, 0.3) is 0 Å². The fraction of sp³-hybridized carbons (Fsp3) is 0.478. The Labute approximate surface area is 564 Å². The number of amides is 2. The Bertz CT molecular complexity index is 3890. The summed E-state index contributed by atoms with van der Waals surface area (Å²) in [4.78, 5) is 98.2. The Kier molecular flexibility index (Phi) is 28.4. The first-order chi connectivity index (χ1) is 47.4. The van der Waals surface area contributed by atoms with Crippen molar-refractivity contribution in [2.24, 2.45) is 0 Å². The lowest BCUT2D eigenvalue weighted by molar-refractivity contribution is -0.154. The zero-order valence-corrected chi connectivity index (χ0v) is 55.1. The second-order valence-electron chi connectivity index (χ2n) is 22.3. The maximum absolute atomic E-state index is 12.8. The van der Waals surface area contributed by atoms with E-state index in [0.29, 0.717) is 18.9 Å². The van der Waals surface area contributed by atoms with Crippen molar-refractivity contribution in [2.45, 2.75) is 168 Å². The van der Waals surface area contributed by atoms with Gasteiger partial charge >= 0.3 is 42.0 Å². The van der Waals surface area contributed by atoms with E-state index in [4.69, 9.17) is 34.7 Å².